The third-order valence-electron chi connectivity index (χ3n) is 4.15. The van der Waals surface area contributed by atoms with Crippen molar-refractivity contribution < 1.29 is 13.2 Å². The maximum absolute atomic E-state index is 12.6. The first-order valence-electron chi connectivity index (χ1n) is 8.56. The second-order valence-corrected chi connectivity index (χ2v) is 8.16. The van der Waals surface area contributed by atoms with Gasteiger partial charge in [-0.3, -0.25) is 19.2 Å². The highest BCUT2D eigenvalue weighted by Crippen LogP contribution is 2.21. The van der Waals surface area contributed by atoms with E-state index in [-0.39, 0.29) is 10.8 Å². The Bertz CT molecular complexity index is 1100. The number of sulfonamides is 1. The first-order valence-corrected chi connectivity index (χ1v) is 10.0. The Morgan fingerprint density at radius 1 is 1.14 bits per heavy atom. The van der Waals surface area contributed by atoms with Crippen LogP contribution in [0.15, 0.2) is 53.8 Å². The third-order valence-corrected chi connectivity index (χ3v) is 5.50. The zero-order valence-corrected chi connectivity index (χ0v) is 16.6. The second kappa shape index (κ2) is 7.81. The maximum atomic E-state index is 12.6. The average molecular weight is 399 g/mol. The minimum atomic E-state index is -3.80. The monoisotopic (exact) mass is 399 g/mol. The fraction of sp³-hybridized carbons (Fsp3) is 0.211. The second-order valence-electron chi connectivity index (χ2n) is 6.48. The normalized spacial score (nSPS) is 11.2. The molecule has 2 heterocycles. The van der Waals surface area contributed by atoms with Crippen LogP contribution in [0.3, 0.4) is 0 Å². The summed E-state index contributed by atoms with van der Waals surface area (Å²) in [7, 11) is -2.00. The van der Waals surface area contributed by atoms with Crippen molar-refractivity contribution in [3.05, 3.63) is 71.3 Å². The zero-order chi connectivity index (χ0) is 20.3. The molecule has 146 valence electrons. The fourth-order valence-corrected chi connectivity index (χ4v) is 3.60. The number of aromatic nitrogens is 3. The largest absolute Gasteiger partial charge is 0.348 e. The van der Waals surface area contributed by atoms with Crippen LogP contribution in [0.4, 0.5) is 5.69 Å². The third kappa shape index (κ3) is 4.55. The molecule has 0 aliphatic rings. The van der Waals surface area contributed by atoms with E-state index in [9.17, 15) is 13.2 Å². The summed E-state index contributed by atoms with van der Waals surface area (Å²) >= 11 is 0. The van der Waals surface area contributed by atoms with Crippen molar-refractivity contribution in [3.8, 4) is 0 Å². The van der Waals surface area contributed by atoms with Crippen molar-refractivity contribution in [1.29, 1.82) is 0 Å². The Kier molecular flexibility index (Phi) is 5.46. The number of hydrogen-bond donors (Lipinski definition) is 2. The number of pyridine rings is 1. The summed E-state index contributed by atoms with van der Waals surface area (Å²) < 4.78 is 29.4. The quantitative estimate of drug-likeness (QED) is 0.661. The first kappa shape index (κ1) is 19.6. The Morgan fingerprint density at radius 2 is 1.93 bits per heavy atom. The summed E-state index contributed by atoms with van der Waals surface area (Å²) in [5.41, 5.74) is 2.99. The molecule has 0 aliphatic carbocycles. The molecule has 1 aromatic carbocycles. The molecule has 3 aromatic rings. The number of nitrogens with one attached hydrogen (secondary N) is 2. The minimum absolute atomic E-state index is 0.0592. The van der Waals surface area contributed by atoms with E-state index >= 15 is 0 Å². The molecular formula is C19H21N5O3S. The van der Waals surface area contributed by atoms with E-state index in [0.29, 0.717) is 23.4 Å². The van der Waals surface area contributed by atoms with Gasteiger partial charge < -0.3 is 5.32 Å². The average Bonchev–Trinajstić information content (AvgIpc) is 3.07. The van der Waals surface area contributed by atoms with Gasteiger partial charge in [0.05, 0.1) is 11.9 Å². The summed E-state index contributed by atoms with van der Waals surface area (Å²) in [5.74, 6) is -0.304. The van der Waals surface area contributed by atoms with Gasteiger partial charge in [-0.15, -0.1) is 0 Å². The van der Waals surface area contributed by atoms with Crippen molar-refractivity contribution >= 4 is 21.6 Å². The van der Waals surface area contributed by atoms with Gasteiger partial charge in [-0.2, -0.15) is 5.10 Å². The highest BCUT2D eigenvalue weighted by atomic mass is 32.2. The van der Waals surface area contributed by atoms with Crippen LogP contribution in [0.2, 0.25) is 0 Å². The predicted octanol–water partition coefficient (Wildman–Crippen LogP) is 2.16. The molecule has 0 bridgehead atoms. The van der Waals surface area contributed by atoms with E-state index in [1.807, 2.05) is 6.20 Å². The number of carbonyl (C=O) groups excluding carboxylic acids is 1. The van der Waals surface area contributed by atoms with E-state index in [2.05, 4.69) is 20.1 Å². The minimum Gasteiger partial charge on any atom is -0.348 e. The van der Waals surface area contributed by atoms with E-state index in [4.69, 9.17) is 0 Å². The van der Waals surface area contributed by atoms with Crippen molar-refractivity contribution in [2.45, 2.75) is 25.3 Å². The van der Waals surface area contributed by atoms with Gasteiger partial charge in [-0.25, -0.2) is 8.42 Å². The fourth-order valence-electron chi connectivity index (χ4n) is 2.54. The van der Waals surface area contributed by atoms with Gasteiger partial charge in [-0.1, -0.05) is 6.07 Å². The number of aryl methyl sites for hydroxylation is 3. The van der Waals surface area contributed by atoms with E-state index in [1.165, 1.54) is 18.3 Å². The number of hydrogen-bond acceptors (Lipinski definition) is 5. The molecule has 0 saturated carbocycles. The molecule has 1 amide bonds. The molecule has 0 fully saturated rings. The van der Waals surface area contributed by atoms with Crippen LogP contribution in [0.25, 0.3) is 0 Å². The van der Waals surface area contributed by atoms with Crippen molar-refractivity contribution in [2.75, 3.05) is 4.72 Å². The van der Waals surface area contributed by atoms with Crippen LogP contribution in [-0.2, 0) is 23.6 Å². The Hall–Kier alpha value is -3.20. The van der Waals surface area contributed by atoms with E-state index in [1.54, 1.807) is 50.0 Å². The van der Waals surface area contributed by atoms with Crippen molar-refractivity contribution in [1.82, 2.24) is 20.1 Å². The Balaban J connectivity index is 1.77. The molecule has 2 aromatic heterocycles. The molecule has 0 radical (unpaired) electrons. The van der Waals surface area contributed by atoms with Crippen LogP contribution in [0.5, 0.6) is 0 Å². The van der Waals surface area contributed by atoms with Gasteiger partial charge in [0.2, 0.25) is 0 Å². The number of anilines is 1. The first-order chi connectivity index (χ1) is 13.2. The maximum Gasteiger partial charge on any atom is 0.263 e. The highest BCUT2D eigenvalue weighted by Gasteiger charge is 2.17. The molecule has 0 spiro atoms. The summed E-state index contributed by atoms with van der Waals surface area (Å²) in [6.07, 6.45) is 4.78. The molecule has 28 heavy (non-hydrogen) atoms. The zero-order valence-electron chi connectivity index (χ0n) is 15.8. The highest BCUT2D eigenvalue weighted by molar-refractivity contribution is 7.92. The van der Waals surface area contributed by atoms with Crippen LogP contribution in [0, 0.1) is 13.8 Å². The van der Waals surface area contributed by atoms with Gasteiger partial charge in [0.1, 0.15) is 4.90 Å². The molecule has 0 atom stereocenters. The van der Waals surface area contributed by atoms with Gasteiger partial charge in [-0.05, 0) is 43.7 Å². The van der Waals surface area contributed by atoms with Gasteiger partial charge in [0.25, 0.3) is 15.9 Å². The molecule has 8 nitrogen and oxygen atoms in total. The molecule has 0 unspecified atom stereocenters. The van der Waals surface area contributed by atoms with Crippen LogP contribution < -0.4 is 10.0 Å². The molecule has 3 rings (SSSR count). The number of carbonyl (C=O) groups is 1. The molecule has 9 heteroatoms. The summed E-state index contributed by atoms with van der Waals surface area (Å²) in [4.78, 5) is 16.5. The smallest absolute Gasteiger partial charge is 0.263 e. The number of benzene rings is 1. The Morgan fingerprint density at radius 3 is 2.57 bits per heavy atom. The molecule has 2 N–H and O–H groups in total. The lowest BCUT2D eigenvalue weighted by atomic mass is 10.1. The molecule has 0 saturated heterocycles. The topological polar surface area (TPSA) is 106 Å². The number of nitrogens with zero attached hydrogens (tertiary/aromatic N) is 3. The number of amides is 1. The SMILES string of the molecule is Cc1ccc(S(=O)(=O)Nc2cc(C(=O)NCc3cnn(C)c3)ccc2C)cn1. The van der Waals surface area contributed by atoms with Crippen LogP contribution in [0.1, 0.15) is 27.2 Å². The van der Waals surface area contributed by atoms with Gasteiger partial charge in [0.15, 0.2) is 0 Å². The lowest BCUT2D eigenvalue weighted by Crippen LogP contribution is -2.23. The van der Waals surface area contributed by atoms with Crippen molar-refractivity contribution in [3.63, 3.8) is 0 Å². The van der Waals surface area contributed by atoms with Gasteiger partial charge in [0, 0.05) is 42.8 Å². The lowest BCUT2D eigenvalue weighted by Gasteiger charge is -2.12. The number of rotatable bonds is 6. The van der Waals surface area contributed by atoms with Crippen LogP contribution >= 0.6 is 0 Å². The van der Waals surface area contributed by atoms with E-state index < -0.39 is 10.0 Å². The summed E-state index contributed by atoms with van der Waals surface area (Å²) in [5, 5.41) is 6.85. The summed E-state index contributed by atoms with van der Waals surface area (Å²) in [6.45, 7) is 3.88. The summed E-state index contributed by atoms with van der Waals surface area (Å²) in [6, 6.07) is 7.99. The standard InChI is InChI=1S/C19H21N5O3S/c1-13-4-6-16(19(25)21-9-15-10-22-24(3)12-15)8-18(13)23-28(26,27)17-7-5-14(2)20-11-17/h4-8,10-12,23H,9H2,1-3H3,(H,21,25). The molecular weight excluding hydrogens is 378 g/mol. The van der Waals surface area contributed by atoms with E-state index in [0.717, 1.165) is 11.3 Å². The molecule has 0 aliphatic heterocycles. The van der Waals surface area contributed by atoms with Crippen molar-refractivity contribution in [2.24, 2.45) is 7.05 Å². The van der Waals surface area contributed by atoms with Crippen LogP contribution in [-0.4, -0.2) is 29.1 Å². The Labute approximate surface area is 163 Å². The van der Waals surface area contributed by atoms with Gasteiger partial charge >= 0.3 is 0 Å². The predicted molar refractivity (Wildman–Crippen MR) is 105 cm³/mol. The lowest BCUT2D eigenvalue weighted by molar-refractivity contribution is 0.0951.